The van der Waals surface area contributed by atoms with Crippen molar-refractivity contribution in [3.63, 3.8) is 0 Å². The summed E-state index contributed by atoms with van der Waals surface area (Å²) < 4.78 is 0. The van der Waals surface area contributed by atoms with E-state index in [4.69, 9.17) is 0 Å². The number of benzene rings is 1. The maximum atomic E-state index is 12.2. The fourth-order valence-electron chi connectivity index (χ4n) is 2.57. The van der Waals surface area contributed by atoms with Gasteiger partial charge in [0, 0.05) is 30.8 Å². The van der Waals surface area contributed by atoms with Crippen LogP contribution in [0.2, 0.25) is 0 Å². The molecule has 5 heteroatoms. The van der Waals surface area contributed by atoms with E-state index >= 15 is 0 Å². The third-order valence-corrected chi connectivity index (χ3v) is 3.85. The smallest absolute Gasteiger partial charge is 0.253 e. The van der Waals surface area contributed by atoms with Crippen LogP contribution < -0.4 is 5.32 Å². The highest BCUT2D eigenvalue weighted by atomic mass is 16.2. The van der Waals surface area contributed by atoms with Crippen LogP contribution in [0.25, 0.3) is 0 Å². The molecule has 0 bridgehead atoms. The van der Waals surface area contributed by atoms with E-state index in [0.29, 0.717) is 17.7 Å². The first-order valence-electron chi connectivity index (χ1n) is 7.90. The lowest BCUT2D eigenvalue weighted by molar-refractivity contribution is 0.0792. The summed E-state index contributed by atoms with van der Waals surface area (Å²) in [5.74, 6) is -0.0191. The highest BCUT2D eigenvalue weighted by molar-refractivity contribution is 5.97. The van der Waals surface area contributed by atoms with Gasteiger partial charge in [0.05, 0.1) is 0 Å². The second kappa shape index (κ2) is 7.94. The van der Waals surface area contributed by atoms with Crippen LogP contribution in [-0.2, 0) is 0 Å². The van der Waals surface area contributed by atoms with Crippen LogP contribution in [0.1, 0.15) is 40.0 Å². The Labute approximate surface area is 132 Å². The number of likely N-dealkylation sites (tertiary alicyclic amines) is 1. The van der Waals surface area contributed by atoms with Gasteiger partial charge in [-0.3, -0.25) is 9.59 Å². The molecule has 5 nitrogen and oxygen atoms in total. The van der Waals surface area contributed by atoms with Crippen LogP contribution in [0.15, 0.2) is 24.3 Å². The van der Waals surface area contributed by atoms with Gasteiger partial charge in [0.25, 0.3) is 11.8 Å². The summed E-state index contributed by atoms with van der Waals surface area (Å²) in [4.78, 5) is 28.2. The maximum Gasteiger partial charge on any atom is 0.253 e. The van der Waals surface area contributed by atoms with Crippen LogP contribution in [0.4, 0.5) is 0 Å². The molecule has 2 amide bonds. The lowest BCUT2D eigenvalue weighted by Crippen LogP contribution is -2.28. The van der Waals surface area contributed by atoms with Crippen molar-refractivity contribution in [3.8, 4) is 0 Å². The Kier molecular flexibility index (Phi) is 5.95. The van der Waals surface area contributed by atoms with Crippen LogP contribution in [0, 0.1) is 0 Å². The minimum Gasteiger partial charge on any atom is -0.352 e. The molecule has 1 aromatic rings. The fourth-order valence-corrected chi connectivity index (χ4v) is 2.57. The van der Waals surface area contributed by atoms with E-state index in [1.165, 1.54) is 0 Å². The van der Waals surface area contributed by atoms with E-state index in [0.717, 1.165) is 38.9 Å². The second-order valence-electron chi connectivity index (χ2n) is 5.99. The molecule has 0 aliphatic carbocycles. The molecule has 1 fully saturated rings. The molecule has 0 spiro atoms. The molecule has 120 valence electrons. The number of rotatable bonds is 6. The zero-order valence-corrected chi connectivity index (χ0v) is 13.5. The number of amides is 2. The summed E-state index contributed by atoms with van der Waals surface area (Å²) in [5, 5.41) is 2.90. The quantitative estimate of drug-likeness (QED) is 0.812. The Morgan fingerprint density at radius 3 is 2.27 bits per heavy atom. The highest BCUT2D eigenvalue weighted by Crippen LogP contribution is 2.13. The topological polar surface area (TPSA) is 52.7 Å². The third-order valence-electron chi connectivity index (χ3n) is 3.85. The average Bonchev–Trinajstić information content (AvgIpc) is 3.05. The van der Waals surface area contributed by atoms with Crippen LogP contribution in [0.3, 0.4) is 0 Å². The monoisotopic (exact) mass is 303 g/mol. The number of hydrogen-bond acceptors (Lipinski definition) is 3. The molecule has 1 saturated heterocycles. The van der Waals surface area contributed by atoms with Gasteiger partial charge in [-0.15, -0.1) is 0 Å². The van der Waals surface area contributed by atoms with E-state index in [2.05, 4.69) is 10.2 Å². The lowest BCUT2D eigenvalue weighted by atomic mass is 10.1. The third kappa shape index (κ3) is 4.56. The Morgan fingerprint density at radius 1 is 1.09 bits per heavy atom. The molecule has 0 radical (unpaired) electrons. The molecule has 2 rings (SSSR count). The molecule has 1 aliphatic rings. The SMILES string of the molecule is CN(C)CCCNC(=O)c1ccc(C(=O)N2CCCC2)cc1. The number of carbonyl (C=O) groups excluding carboxylic acids is 2. The van der Waals surface area contributed by atoms with Crippen molar-refractivity contribution in [3.05, 3.63) is 35.4 Å². The summed E-state index contributed by atoms with van der Waals surface area (Å²) in [6, 6.07) is 6.94. The molecule has 1 aliphatic heterocycles. The van der Waals surface area contributed by atoms with Gasteiger partial charge in [0.15, 0.2) is 0 Å². The van der Waals surface area contributed by atoms with Crippen LogP contribution in [-0.4, -0.2) is 61.9 Å². The Bertz CT molecular complexity index is 505. The maximum absolute atomic E-state index is 12.2. The Balaban J connectivity index is 1.85. The van der Waals surface area contributed by atoms with Crippen molar-refractivity contribution in [2.24, 2.45) is 0 Å². The fraction of sp³-hybridized carbons (Fsp3) is 0.529. The molecule has 22 heavy (non-hydrogen) atoms. The first-order chi connectivity index (χ1) is 10.6. The summed E-state index contributed by atoms with van der Waals surface area (Å²) >= 11 is 0. The largest absolute Gasteiger partial charge is 0.352 e. The minimum atomic E-state index is -0.0843. The van der Waals surface area contributed by atoms with Gasteiger partial charge in [0.2, 0.25) is 0 Å². The van der Waals surface area contributed by atoms with Crippen molar-refractivity contribution >= 4 is 11.8 Å². The van der Waals surface area contributed by atoms with Crippen molar-refractivity contribution in [1.82, 2.24) is 15.1 Å². The number of nitrogens with zero attached hydrogens (tertiary/aromatic N) is 2. The first-order valence-corrected chi connectivity index (χ1v) is 7.90. The molecule has 0 atom stereocenters. The molecule has 0 aromatic heterocycles. The van der Waals surface area contributed by atoms with Gasteiger partial charge in [-0.05, 0) is 64.2 Å². The number of carbonyl (C=O) groups is 2. The van der Waals surface area contributed by atoms with Gasteiger partial charge in [-0.2, -0.15) is 0 Å². The standard InChI is InChI=1S/C17H25N3O2/c1-19(2)11-5-10-18-16(21)14-6-8-15(9-7-14)17(22)20-12-3-4-13-20/h6-9H,3-5,10-13H2,1-2H3,(H,18,21). The van der Waals surface area contributed by atoms with Crippen molar-refractivity contribution in [2.75, 3.05) is 40.3 Å². The molecule has 0 unspecified atom stereocenters. The lowest BCUT2D eigenvalue weighted by Gasteiger charge is -2.15. The van der Waals surface area contributed by atoms with Gasteiger partial charge in [-0.25, -0.2) is 0 Å². The zero-order chi connectivity index (χ0) is 15.9. The first kappa shape index (κ1) is 16.5. The Hall–Kier alpha value is -1.88. The normalized spacial score (nSPS) is 14.4. The molecule has 1 heterocycles. The van der Waals surface area contributed by atoms with Crippen molar-refractivity contribution in [2.45, 2.75) is 19.3 Å². The average molecular weight is 303 g/mol. The van der Waals surface area contributed by atoms with E-state index in [9.17, 15) is 9.59 Å². The van der Waals surface area contributed by atoms with E-state index < -0.39 is 0 Å². The van der Waals surface area contributed by atoms with Crippen molar-refractivity contribution in [1.29, 1.82) is 0 Å². The van der Waals surface area contributed by atoms with Crippen molar-refractivity contribution < 1.29 is 9.59 Å². The summed E-state index contributed by atoms with van der Waals surface area (Å²) in [6.07, 6.45) is 3.09. The molecule has 0 saturated carbocycles. The van der Waals surface area contributed by atoms with Crippen LogP contribution >= 0.6 is 0 Å². The second-order valence-corrected chi connectivity index (χ2v) is 5.99. The summed E-state index contributed by atoms with van der Waals surface area (Å²) in [6.45, 7) is 3.29. The predicted octanol–water partition coefficient (Wildman–Crippen LogP) is 1.60. The molecular formula is C17H25N3O2. The number of hydrogen-bond donors (Lipinski definition) is 1. The van der Waals surface area contributed by atoms with Crippen LogP contribution in [0.5, 0.6) is 0 Å². The Morgan fingerprint density at radius 2 is 1.68 bits per heavy atom. The summed E-state index contributed by atoms with van der Waals surface area (Å²) in [7, 11) is 4.02. The number of nitrogens with one attached hydrogen (secondary N) is 1. The van der Waals surface area contributed by atoms with Gasteiger partial charge < -0.3 is 15.1 Å². The summed E-state index contributed by atoms with van der Waals surface area (Å²) in [5.41, 5.74) is 1.26. The van der Waals surface area contributed by atoms with E-state index in [1.807, 2.05) is 19.0 Å². The molecular weight excluding hydrogens is 278 g/mol. The van der Waals surface area contributed by atoms with E-state index in [-0.39, 0.29) is 11.8 Å². The van der Waals surface area contributed by atoms with Gasteiger partial charge >= 0.3 is 0 Å². The minimum absolute atomic E-state index is 0.0652. The predicted molar refractivity (Wildman–Crippen MR) is 87.1 cm³/mol. The van der Waals surface area contributed by atoms with Gasteiger partial charge in [0.1, 0.15) is 0 Å². The highest BCUT2D eigenvalue weighted by Gasteiger charge is 2.19. The molecule has 1 aromatic carbocycles. The van der Waals surface area contributed by atoms with Gasteiger partial charge in [-0.1, -0.05) is 0 Å². The van der Waals surface area contributed by atoms with E-state index in [1.54, 1.807) is 24.3 Å². The zero-order valence-electron chi connectivity index (χ0n) is 13.5. The molecule has 1 N–H and O–H groups in total.